The zero-order chi connectivity index (χ0) is 18.8. The average molecular weight is 360 g/mol. The monoisotopic (exact) mass is 360 g/mol. The Bertz CT molecular complexity index is 681. The van der Waals surface area contributed by atoms with Crippen molar-refractivity contribution < 1.29 is 9.13 Å². The third-order valence-corrected chi connectivity index (χ3v) is 4.04. The molecule has 0 fully saturated rings. The number of aromatic nitrogens is 1. The van der Waals surface area contributed by atoms with Crippen molar-refractivity contribution in [2.45, 2.75) is 26.3 Å². The van der Waals surface area contributed by atoms with E-state index in [-0.39, 0.29) is 5.82 Å². The van der Waals surface area contributed by atoms with Gasteiger partial charge in [0, 0.05) is 39.1 Å². The third kappa shape index (κ3) is 6.43. The van der Waals surface area contributed by atoms with Crippen molar-refractivity contribution >= 4 is 5.96 Å². The van der Waals surface area contributed by atoms with Crippen LogP contribution >= 0.6 is 0 Å². The normalized spacial score (nSPS) is 11.5. The molecule has 2 aromatic rings. The molecule has 0 saturated heterocycles. The van der Waals surface area contributed by atoms with Gasteiger partial charge in [0.15, 0.2) is 5.96 Å². The molecule has 0 spiro atoms. The number of nitrogens with zero attached hydrogens (tertiary/aromatic N) is 3. The zero-order valence-electron chi connectivity index (χ0n) is 15.9. The fourth-order valence-corrected chi connectivity index (χ4v) is 2.57. The van der Waals surface area contributed by atoms with Crippen LogP contribution in [0.15, 0.2) is 47.6 Å². The second-order valence-electron chi connectivity index (χ2n) is 6.21. The fourth-order valence-electron chi connectivity index (χ4n) is 2.57. The first kappa shape index (κ1) is 19.8. The third-order valence-electron chi connectivity index (χ3n) is 4.04. The number of rotatable bonds is 9. The van der Waals surface area contributed by atoms with E-state index in [1.165, 1.54) is 17.8 Å². The van der Waals surface area contributed by atoms with Crippen LogP contribution in [0.1, 0.15) is 25.5 Å². The van der Waals surface area contributed by atoms with Gasteiger partial charge in [-0.25, -0.2) is 4.39 Å². The number of benzene rings is 1. The van der Waals surface area contributed by atoms with Crippen molar-refractivity contribution in [1.29, 1.82) is 0 Å². The Kier molecular flexibility index (Phi) is 7.99. The average Bonchev–Trinajstić information content (AvgIpc) is 3.03. The molecule has 1 N–H and O–H groups in total. The molecule has 0 saturated carbocycles. The molecular formula is C20H29FN4O. The lowest BCUT2D eigenvalue weighted by Gasteiger charge is -2.22. The van der Waals surface area contributed by atoms with Gasteiger partial charge in [-0.1, -0.05) is 0 Å². The first-order valence-corrected chi connectivity index (χ1v) is 9.08. The zero-order valence-corrected chi connectivity index (χ0v) is 15.9. The molecule has 0 amide bonds. The van der Waals surface area contributed by atoms with Crippen LogP contribution < -0.4 is 10.1 Å². The minimum absolute atomic E-state index is 0.248. The van der Waals surface area contributed by atoms with Crippen molar-refractivity contribution in [2.24, 2.45) is 12.0 Å². The second kappa shape index (κ2) is 10.5. The highest BCUT2D eigenvalue weighted by Crippen LogP contribution is 2.11. The topological polar surface area (TPSA) is 41.8 Å². The summed E-state index contributed by atoms with van der Waals surface area (Å²) < 4.78 is 20.6. The van der Waals surface area contributed by atoms with Gasteiger partial charge in [-0.3, -0.25) is 4.99 Å². The highest BCUT2D eigenvalue weighted by atomic mass is 19.1. The van der Waals surface area contributed by atoms with Gasteiger partial charge in [-0.15, -0.1) is 0 Å². The van der Waals surface area contributed by atoms with E-state index < -0.39 is 0 Å². The van der Waals surface area contributed by atoms with E-state index in [1.54, 1.807) is 12.1 Å². The molecule has 1 heterocycles. The largest absolute Gasteiger partial charge is 0.494 e. The summed E-state index contributed by atoms with van der Waals surface area (Å²) in [6, 6.07) is 10.3. The van der Waals surface area contributed by atoms with Gasteiger partial charge >= 0.3 is 0 Å². The van der Waals surface area contributed by atoms with E-state index in [1.807, 2.05) is 26.4 Å². The number of aryl methyl sites for hydroxylation is 1. The summed E-state index contributed by atoms with van der Waals surface area (Å²) in [4.78, 5) is 6.83. The van der Waals surface area contributed by atoms with Crippen LogP contribution in [-0.4, -0.2) is 42.2 Å². The van der Waals surface area contributed by atoms with Gasteiger partial charge in [0.25, 0.3) is 0 Å². The van der Waals surface area contributed by atoms with Crippen molar-refractivity contribution in [3.63, 3.8) is 0 Å². The van der Waals surface area contributed by atoms with E-state index in [0.717, 1.165) is 38.4 Å². The van der Waals surface area contributed by atoms with Crippen molar-refractivity contribution in [3.8, 4) is 5.75 Å². The molecule has 2 rings (SSSR count). The summed E-state index contributed by atoms with van der Waals surface area (Å²) in [7, 11) is 4.10. The van der Waals surface area contributed by atoms with Crippen LogP contribution in [-0.2, 0) is 13.6 Å². The molecule has 0 atom stereocenters. The van der Waals surface area contributed by atoms with E-state index in [9.17, 15) is 4.39 Å². The van der Waals surface area contributed by atoms with E-state index in [2.05, 4.69) is 27.8 Å². The molecule has 0 aliphatic heterocycles. The Morgan fingerprint density at radius 3 is 2.65 bits per heavy atom. The van der Waals surface area contributed by atoms with Gasteiger partial charge in [0.2, 0.25) is 0 Å². The molecule has 0 unspecified atom stereocenters. The summed E-state index contributed by atoms with van der Waals surface area (Å²) in [6.07, 6.45) is 3.89. The highest BCUT2D eigenvalue weighted by Gasteiger charge is 2.07. The van der Waals surface area contributed by atoms with Crippen LogP contribution in [0.4, 0.5) is 4.39 Å². The van der Waals surface area contributed by atoms with E-state index >= 15 is 0 Å². The Balaban J connectivity index is 1.73. The molecule has 5 nitrogen and oxygen atoms in total. The number of guanidine groups is 1. The minimum Gasteiger partial charge on any atom is -0.494 e. The van der Waals surface area contributed by atoms with Gasteiger partial charge in [0.05, 0.1) is 13.2 Å². The van der Waals surface area contributed by atoms with Gasteiger partial charge in [-0.2, -0.15) is 0 Å². The number of hydrogen-bond acceptors (Lipinski definition) is 2. The van der Waals surface area contributed by atoms with Crippen LogP contribution in [0.5, 0.6) is 5.75 Å². The van der Waals surface area contributed by atoms with Crippen LogP contribution in [0.25, 0.3) is 0 Å². The lowest BCUT2D eigenvalue weighted by atomic mass is 10.3. The smallest absolute Gasteiger partial charge is 0.194 e. The molecular weight excluding hydrogens is 331 g/mol. The van der Waals surface area contributed by atoms with Gasteiger partial charge in [-0.05, 0) is 56.2 Å². The number of hydrogen-bond donors (Lipinski definition) is 1. The minimum atomic E-state index is -0.248. The second-order valence-corrected chi connectivity index (χ2v) is 6.21. The Morgan fingerprint density at radius 2 is 2.00 bits per heavy atom. The molecule has 0 bridgehead atoms. The summed E-state index contributed by atoms with van der Waals surface area (Å²) in [5, 5.41) is 3.34. The SMILES string of the molecule is CCNC(=NCCCCOc1ccc(F)cc1)N(C)Cc1cccn1C. The maximum Gasteiger partial charge on any atom is 0.194 e. The number of halogens is 1. The number of unbranched alkanes of at least 4 members (excludes halogenated alkanes) is 1. The summed E-state index contributed by atoms with van der Waals surface area (Å²) in [6.45, 7) is 5.07. The predicted octanol–water partition coefficient (Wildman–Crippen LogP) is 3.42. The maximum atomic E-state index is 12.8. The van der Waals surface area contributed by atoms with Gasteiger partial charge in [0.1, 0.15) is 11.6 Å². The quantitative estimate of drug-likeness (QED) is 0.423. The van der Waals surface area contributed by atoms with Crippen LogP contribution in [0, 0.1) is 5.82 Å². The van der Waals surface area contributed by atoms with E-state index in [0.29, 0.717) is 12.4 Å². The molecule has 0 aliphatic carbocycles. The molecule has 6 heteroatoms. The molecule has 142 valence electrons. The summed E-state index contributed by atoms with van der Waals surface area (Å²) in [5.41, 5.74) is 1.24. The number of ether oxygens (including phenoxy) is 1. The van der Waals surface area contributed by atoms with Crippen molar-refractivity contribution in [3.05, 3.63) is 54.1 Å². The first-order valence-electron chi connectivity index (χ1n) is 9.08. The first-order chi connectivity index (χ1) is 12.6. The molecule has 1 aromatic heterocycles. The lowest BCUT2D eigenvalue weighted by Crippen LogP contribution is -2.38. The van der Waals surface area contributed by atoms with Crippen molar-refractivity contribution in [2.75, 3.05) is 26.7 Å². The van der Waals surface area contributed by atoms with E-state index in [4.69, 9.17) is 9.73 Å². The maximum absolute atomic E-state index is 12.8. The Hall–Kier alpha value is -2.50. The predicted molar refractivity (Wildman–Crippen MR) is 104 cm³/mol. The molecule has 0 radical (unpaired) electrons. The van der Waals surface area contributed by atoms with Crippen molar-refractivity contribution in [1.82, 2.24) is 14.8 Å². The van der Waals surface area contributed by atoms with Crippen LogP contribution in [0.2, 0.25) is 0 Å². The lowest BCUT2D eigenvalue weighted by molar-refractivity contribution is 0.307. The number of nitrogens with one attached hydrogen (secondary N) is 1. The Morgan fingerprint density at radius 1 is 1.23 bits per heavy atom. The van der Waals surface area contributed by atoms with Crippen LogP contribution in [0.3, 0.4) is 0 Å². The number of aliphatic imine (C=N–C) groups is 1. The Labute approximate surface area is 155 Å². The standard InChI is InChI=1S/C20H29FN4O/c1-4-22-20(25(3)16-18-8-7-14-24(18)2)23-13-5-6-15-26-19-11-9-17(21)10-12-19/h7-12,14H,4-6,13,15-16H2,1-3H3,(H,22,23). The molecule has 1 aromatic carbocycles. The summed E-state index contributed by atoms with van der Waals surface area (Å²) in [5.74, 6) is 1.36. The summed E-state index contributed by atoms with van der Waals surface area (Å²) >= 11 is 0. The molecule has 0 aliphatic rings. The fraction of sp³-hybridized carbons (Fsp3) is 0.450. The molecule has 26 heavy (non-hydrogen) atoms. The highest BCUT2D eigenvalue weighted by molar-refractivity contribution is 5.79. The van der Waals surface area contributed by atoms with Gasteiger partial charge < -0.3 is 19.5 Å².